The van der Waals surface area contributed by atoms with E-state index in [9.17, 15) is 0 Å². The lowest BCUT2D eigenvalue weighted by Crippen LogP contribution is -2.52. The SMILES string of the molecule is CCC1(C2CCC3C4CCC5(C)CC(C)CCC5C4CCC32C)CC1. The largest absolute Gasteiger partial charge is 0.0648 e. The summed E-state index contributed by atoms with van der Waals surface area (Å²) >= 11 is 0. The van der Waals surface area contributed by atoms with Crippen LogP contribution in [-0.4, -0.2) is 0 Å². The third kappa shape index (κ3) is 2.30. The molecular weight excluding hydrogens is 300 g/mol. The molecule has 8 unspecified atom stereocenters. The molecule has 0 radical (unpaired) electrons. The summed E-state index contributed by atoms with van der Waals surface area (Å²) in [6, 6.07) is 0. The molecule has 0 heteroatoms. The Morgan fingerprint density at radius 3 is 2.16 bits per heavy atom. The zero-order chi connectivity index (χ0) is 17.4. The van der Waals surface area contributed by atoms with Crippen molar-refractivity contribution in [2.24, 2.45) is 51.8 Å². The van der Waals surface area contributed by atoms with E-state index in [0.29, 0.717) is 10.8 Å². The third-order valence-electron chi connectivity index (χ3n) is 11.1. The summed E-state index contributed by atoms with van der Waals surface area (Å²) in [6.45, 7) is 10.5. The quantitative estimate of drug-likeness (QED) is 0.488. The molecule has 5 saturated carbocycles. The number of fused-ring (bicyclic) bond motifs is 5. The Morgan fingerprint density at radius 1 is 0.760 bits per heavy atom. The Kier molecular flexibility index (Phi) is 3.77. The average molecular weight is 343 g/mol. The predicted octanol–water partition coefficient (Wildman–Crippen LogP) is 7.47. The van der Waals surface area contributed by atoms with Gasteiger partial charge in [-0.3, -0.25) is 0 Å². The molecule has 0 aromatic carbocycles. The third-order valence-corrected chi connectivity index (χ3v) is 11.1. The van der Waals surface area contributed by atoms with Crippen LogP contribution in [0.15, 0.2) is 0 Å². The van der Waals surface area contributed by atoms with Crippen molar-refractivity contribution in [1.82, 2.24) is 0 Å². The average Bonchev–Trinajstić information content (AvgIpc) is 3.29. The van der Waals surface area contributed by atoms with E-state index in [0.717, 1.165) is 40.9 Å². The predicted molar refractivity (Wildman–Crippen MR) is 106 cm³/mol. The second-order valence-corrected chi connectivity index (χ2v) is 12.0. The van der Waals surface area contributed by atoms with Gasteiger partial charge in [0.25, 0.3) is 0 Å². The summed E-state index contributed by atoms with van der Waals surface area (Å²) in [6.07, 6.45) is 18.7. The van der Waals surface area contributed by atoms with Gasteiger partial charge in [-0.2, -0.15) is 0 Å². The Balaban J connectivity index is 1.41. The highest BCUT2D eigenvalue weighted by Gasteiger charge is 2.64. The summed E-state index contributed by atoms with van der Waals surface area (Å²) in [4.78, 5) is 0. The highest BCUT2D eigenvalue weighted by molar-refractivity contribution is 5.13. The fraction of sp³-hybridized carbons (Fsp3) is 1.00. The minimum absolute atomic E-state index is 0.700. The van der Waals surface area contributed by atoms with E-state index in [1.807, 2.05) is 0 Å². The van der Waals surface area contributed by atoms with Crippen molar-refractivity contribution < 1.29 is 0 Å². The highest BCUT2D eigenvalue weighted by Crippen LogP contribution is 2.72. The van der Waals surface area contributed by atoms with Gasteiger partial charge in [0.2, 0.25) is 0 Å². The molecule has 142 valence electrons. The Morgan fingerprint density at radius 2 is 1.44 bits per heavy atom. The summed E-state index contributed by atoms with van der Waals surface area (Å²) < 4.78 is 0. The van der Waals surface area contributed by atoms with Gasteiger partial charge in [-0.05, 0) is 116 Å². The van der Waals surface area contributed by atoms with E-state index in [-0.39, 0.29) is 0 Å². The van der Waals surface area contributed by atoms with Crippen molar-refractivity contribution in [2.75, 3.05) is 0 Å². The van der Waals surface area contributed by atoms with Crippen LogP contribution in [0, 0.1) is 51.8 Å². The Bertz CT molecular complexity index is 530. The van der Waals surface area contributed by atoms with Crippen LogP contribution in [0.5, 0.6) is 0 Å². The maximum atomic E-state index is 2.76. The van der Waals surface area contributed by atoms with Crippen LogP contribution in [0.2, 0.25) is 0 Å². The minimum Gasteiger partial charge on any atom is -0.0648 e. The molecule has 0 aromatic rings. The Hall–Kier alpha value is 0. The smallest absolute Gasteiger partial charge is 0.0261 e. The van der Waals surface area contributed by atoms with Crippen molar-refractivity contribution in [3.8, 4) is 0 Å². The first-order valence-corrected chi connectivity index (χ1v) is 11.9. The minimum atomic E-state index is 0.700. The number of hydrogen-bond acceptors (Lipinski definition) is 0. The molecule has 0 aliphatic heterocycles. The molecule has 0 N–H and O–H groups in total. The molecule has 0 heterocycles. The van der Waals surface area contributed by atoms with Gasteiger partial charge in [0.05, 0.1) is 0 Å². The second-order valence-electron chi connectivity index (χ2n) is 12.0. The standard InChI is InChI=1S/C25H42/c1-5-25(14-15-25)22-9-8-21-19-10-12-23(3)16-17(2)6-7-20(23)18(19)11-13-24(21,22)4/h17-22H,5-16H2,1-4H3. The fourth-order valence-corrected chi connectivity index (χ4v) is 9.72. The molecule has 0 aromatic heterocycles. The van der Waals surface area contributed by atoms with Crippen molar-refractivity contribution in [2.45, 2.75) is 105 Å². The zero-order valence-electron chi connectivity index (χ0n) is 17.4. The van der Waals surface area contributed by atoms with E-state index in [2.05, 4.69) is 27.7 Å². The molecule has 0 bridgehead atoms. The molecule has 5 fully saturated rings. The van der Waals surface area contributed by atoms with Crippen molar-refractivity contribution >= 4 is 0 Å². The van der Waals surface area contributed by atoms with Gasteiger partial charge in [-0.1, -0.05) is 40.5 Å². The van der Waals surface area contributed by atoms with Crippen molar-refractivity contribution in [3.05, 3.63) is 0 Å². The van der Waals surface area contributed by atoms with Crippen LogP contribution >= 0.6 is 0 Å². The lowest BCUT2D eigenvalue weighted by molar-refractivity contribution is -0.108. The van der Waals surface area contributed by atoms with Crippen LogP contribution in [0.3, 0.4) is 0 Å². The van der Waals surface area contributed by atoms with E-state index in [1.54, 1.807) is 57.8 Å². The molecule has 0 nitrogen and oxygen atoms in total. The van der Waals surface area contributed by atoms with Gasteiger partial charge in [0.1, 0.15) is 0 Å². The molecule has 0 spiro atoms. The van der Waals surface area contributed by atoms with Gasteiger partial charge in [0, 0.05) is 0 Å². The van der Waals surface area contributed by atoms with E-state index >= 15 is 0 Å². The normalized spacial score (nSPS) is 56.6. The topological polar surface area (TPSA) is 0 Å². The zero-order valence-corrected chi connectivity index (χ0v) is 17.4. The molecule has 5 aliphatic carbocycles. The Labute approximate surface area is 156 Å². The summed E-state index contributed by atoms with van der Waals surface area (Å²) in [5.74, 6) is 6.43. The van der Waals surface area contributed by atoms with Crippen LogP contribution < -0.4 is 0 Å². The monoisotopic (exact) mass is 342 g/mol. The molecule has 0 amide bonds. The van der Waals surface area contributed by atoms with Crippen LogP contribution in [0.25, 0.3) is 0 Å². The maximum Gasteiger partial charge on any atom is -0.0261 e. The summed E-state index contributed by atoms with van der Waals surface area (Å²) in [5, 5.41) is 0. The van der Waals surface area contributed by atoms with Crippen molar-refractivity contribution in [3.63, 3.8) is 0 Å². The van der Waals surface area contributed by atoms with Crippen LogP contribution in [0.1, 0.15) is 105 Å². The van der Waals surface area contributed by atoms with Gasteiger partial charge in [0.15, 0.2) is 0 Å². The first kappa shape index (κ1) is 17.1. The lowest BCUT2D eigenvalue weighted by Gasteiger charge is -2.60. The summed E-state index contributed by atoms with van der Waals surface area (Å²) in [7, 11) is 0. The molecule has 25 heavy (non-hydrogen) atoms. The van der Waals surface area contributed by atoms with Crippen LogP contribution in [0.4, 0.5) is 0 Å². The second kappa shape index (κ2) is 5.51. The highest BCUT2D eigenvalue weighted by atomic mass is 14.7. The molecule has 8 atom stereocenters. The van der Waals surface area contributed by atoms with Crippen molar-refractivity contribution in [1.29, 1.82) is 0 Å². The van der Waals surface area contributed by atoms with E-state index in [4.69, 9.17) is 0 Å². The molecular formula is C25H42. The lowest BCUT2D eigenvalue weighted by atomic mass is 9.45. The maximum absolute atomic E-state index is 2.76. The van der Waals surface area contributed by atoms with Gasteiger partial charge in [-0.25, -0.2) is 0 Å². The first-order valence-electron chi connectivity index (χ1n) is 11.9. The number of hydrogen-bond donors (Lipinski definition) is 0. The van der Waals surface area contributed by atoms with E-state index < -0.39 is 0 Å². The fourth-order valence-electron chi connectivity index (χ4n) is 9.72. The van der Waals surface area contributed by atoms with Gasteiger partial charge >= 0.3 is 0 Å². The summed E-state index contributed by atoms with van der Waals surface area (Å²) in [5.41, 5.74) is 2.20. The first-order chi connectivity index (χ1) is 11.9. The van der Waals surface area contributed by atoms with Gasteiger partial charge in [-0.15, -0.1) is 0 Å². The molecule has 0 saturated heterocycles. The molecule has 5 rings (SSSR count). The molecule has 5 aliphatic rings. The van der Waals surface area contributed by atoms with E-state index in [1.165, 1.54) is 19.3 Å². The van der Waals surface area contributed by atoms with Gasteiger partial charge < -0.3 is 0 Å². The number of rotatable bonds is 2. The van der Waals surface area contributed by atoms with Crippen LogP contribution in [-0.2, 0) is 0 Å².